The zero-order chi connectivity index (χ0) is 24.6. The smallest absolute Gasteiger partial charge is 0.316 e. The van der Waals surface area contributed by atoms with Gasteiger partial charge in [0.2, 0.25) is 0 Å². The average Bonchev–Trinajstić information content (AvgIpc) is 2.90. The number of rotatable bonds is 9. The average molecular weight is 485 g/mol. The number of ether oxygens (including phenoxy) is 1. The second-order valence-corrected chi connectivity index (χ2v) is 8.34. The maximum Gasteiger partial charge on any atom is 0.316 e. The molecule has 9 heteroatoms. The molecule has 2 heterocycles. The molecular weight excluding hydrogens is 457 g/mol. The van der Waals surface area contributed by atoms with Gasteiger partial charge < -0.3 is 9.57 Å². The number of nitrogens with zero attached hydrogens (tertiary/aromatic N) is 4. The van der Waals surface area contributed by atoms with E-state index in [2.05, 4.69) is 20.0 Å². The van der Waals surface area contributed by atoms with Crippen molar-refractivity contribution >= 4 is 5.71 Å². The van der Waals surface area contributed by atoms with Crippen LogP contribution in [-0.2, 0) is 11.4 Å². The molecule has 0 radical (unpaired) electrons. The molecule has 0 N–H and O–H groups in total. The molecule has 0 atom stereocenters. The van der Waals surface area contributed by atoms with Crippen molar-refractivity contribution in [3.63, 3.8) is 0 Å². The predicted molar refractivity (Wildman–Crippen MR) is 126 cm³/mol. The maximum atomic E-state index is 13.8. The van der Waals surface area contributed by atoms with Gasteiger partial charge in [-0.2, -0.15) is 0 Å². The Morgan fingerprint density at radius 1 is 1.00 bits per heavy atom. The monoisotopic (exact) mass is 484 g/mol. The molecule has 1 aliphatic rings. The fourth-order valence-electron chi connectivity index (χ4n) is 4.15. The minimum atomic E-state index is -0.984. The first kappa shape index (κ1) is 24.7. The van der Waals surface area contributed by atoms with Crippen LogP contribution >= 0.6 is 0 Å². The minimum Gasteiger partial charge on any atom is -0.467 e. The van der Waals surface area contributed by atoms with Gasteiger partial charge in [-0.15, -0.1) is 0 Å². The van der Waals surface area contributed by atoms with E-state index in [4.69, 9.17) is 9.57 Å². The normalized spacial score (nSPS) is 15.3. The zero-order valence-electron chi connectivity index (χ0n) is 19.5. The molecule has 6 nitrogen and oxygen atoms in total. The van der Waals surface area contributed by atoms with Crippen LogP contribution in [0.1, 0.15) is 41.0 Å². The Balaban J connectivity index is 1.40. The zero-order valence-corrected chi connectivity index (χ0v) is 19.5. The van der Waals surface area contributed by atoms with Crippen molar-refractivity contribution in [1.82, 2.24) is 14.9 Å². The Morgan fingerprint density at radius 3 is 2.31 bits per heavy atom. The molecule has 1 fully saturated rings. The van der Waals surface area contributed by atoms with Crippen molar-refractivity contribution in [3.8, 4) is 6.01 Å². The van der Waals surface area contributed by atoms with Gasteiger partial charge in [-0.05, 0) is 61.2 Å². The van der Waals surface area contributed by atoms with Crippen molar-refractivity contribution in [3.05, 3.63) is 88.7 Å². The summed E-state index contributed by atoms with van der Waals surface area (Å²) in [6.07, 6.45) is 5.72. The van der Waals surface area contributed by atoms with Crippen molar-refractivity contribution in [1.29, 1.82) is 0 Å². The molecule has 0 aliphatic carbocycles. The third-order valence-electron chi connectivity index (χ3n) is 6.04. The molecule has 1 saturated heterocycles. The first-order chi connectivity index (χ1) is 17.1. The number of benzene rings is 2. The molecule has 0 amide bonds. The summed E-state index contributed by atoms with van der Waals surface area (Å²) < 4.78 is 44.7. The van der Waals surface area contributed by atoms with Gasteiger partial charge >= 0.3 is 6.01 Å². The summed E-state index contributed by atoms with van der Waals surface area (Å²) in [5.41, 5.74) is 3.58. The molecule has 1 aromatic heterocycles. The van der Waals surface area contributed by atoms with E-state index in [1.165, 1.54) is 6.07 Å². The predicted octanol–water partition coefficient (Wildman–Crippen LogP) is 4.88. The molecule has 3 aromatic rings. The van der Waals surface area contributed by atoms with Crippen molar-refractivity contribution < 1.29 is 22.7 Å². The lowest BCUT2D eigenvalue weighted by Gasteiger charge is -2.32. The van der Waals surface area contributed by atoms with E-state index in [0.717, 1.165) is 55.7 Å². The first-order valence-electron chi connectivity index (χ1n) is 11.5. The van der Waals surface area contributed by atoms with E-state index >= 15 is 0 Å². The minimum absolute atomic E-state index is 0.218. The van der Waals surface area contributed by atoms with Crippen LogP contribution in [-0.4, -0.2) is 54.1 Å². The molecule has 35 heavy (non-hydrogen) atoms. The van der Waals surface area contributed by atoms with Gasteiger partial charge in [0.1, 0.15) is 19.0 Å². The van der Waals surface area contributed by atoms with Crippen molar-refractivity contribution in [2.45, 2.75) is 25.3 Å². The van der Waals surface area contributed by atoms with E-state index in [1.807, 2.05) is 36.7 Å². The molecule has 0 unspecified atom stereocenters. The second kappa shape index (κ2) is 11.8. The van der Waals surface area contributed by atoms with E-state index < -0.39 is 18.3 Å². The summed E-state index contributed by atoms with van der Waals surface area (Å²) in [7, 11) is 1.55. The van der Waals surface area contributed by atoms with Crippen LogP contribution in [0.4, 0.5) is 13.2 Å². The highest BCUT2D eigenvalue weighted by Gasteiger charge is 2.21. The maximum absolute atomic E-state index is 13.8. The molecule has 1 aliphatic heterocycles. The quantitative estimate of drug-likeness (QED) is 0.246. The first-order valence-corrected chi connectivity index (χ1v) is 11.5. The van der Waals surface area contributed by atoms with Crippen LogP contribution in [0.2, 0.25) is 0 Å². The van der Waals surface area contributed by atoms with E-state index in [0.29, 0.717) is 28.8 Å². The van der Waals surface area contributed by atoms with Crippen LogP contribution in [0, 0.1) is 11.6 Å². The molecular formula is C26H27F3N4O2. The van der Waals surface area contributed by atoms with Crippen molar-refractivity contribution in [2.24, 2.45) is 5.16 Å². The molecule has 0 spiro atoms. The number of aromatic nitrogens is 2. The standard InChI is InChI=1S/C26H27F3N4O2/c1-34-26-30-15-22(16-31-26)19-8-11-33(12-9-19)17-18-2-4-20(5-3-18)25(32-35-13-10-27)21-6-7-23(28)24(29)14-21/h2-7,14-16,19H,8-13,17H2,1H3/b32-25-. The number of hydrogen-bond acceptors (Lipinski definition) is 6. The Kier molecular flexibility index (Phi) is 8.31. The Morgan fingerprint density at radius 2 is 1.69 bits per heavy atom. The van der Waals surface area contributed by atoms with Crippen LogP contribution in [0.3, 0.4) is 0 Å². The highest BCUT2D eigenvalue weighted by molar-refractivity contribution is 6.12. The van der Waals surface area contributed by atoms with Gasteiger partial charge in [-0.1, -0.05) is 29.4 Å². The van der Waals surface area contributed by atoms with Gasteiger partial charge in [-0.3, -0.25) is 4.90 Å². The fraction of sp³-hybridized carbons (Fsp3) is 0.346. The summed E-state index contributed by atoms with van der Waals surface area (Å²) >= 11 is 0. The number of halogens is 3. The van der Waals surface area contributed by atoms with Crippen LogP contribution in [0.25, 0.3) is 0 Å². The number of alkyl halides is 1. The molecule has 4 rings (SSSR count). The highest BCUT2D eigenvalue weighted by atomic mass is 19.2. The van der Waals surface area contributed by atoms with Gasteiger partial charge in [0, 0.05) is 30.1 Å². The van der Waals surface area contributed by atoms with Crippen molar-refractivity contribution in [2.75, 3.05) is 33.5 Å². The topological polar surface area (TPSA) is 59.8 Å². The molecule has 0 bridgehead atoms. The molecule has 184 valence electrons. The molecule has 0 saturated carbocycles. The van der Waals surface area contributed by atoms with E-state index in [-0.39, 0.29) is 6.61 Å². The summed E-state index contributed by atoms with van der Waals surface area (Å²) in [6, 6.07) is 11.5. The van der Waals surface area contributed by atoms with Crippen LogP contribution in [0.5, 0.6) is 6.01 Å². The van der Waals surface area contributed by atoms with Gasteiger partial charge in [0.05, 0.1) is 7.11 Å². The lowest BCUT2D eigenvalue weighted by molar-refractivity contribution is 0.128. The number of hydrogen-bond donors (Lipinski definition) is 0. The summed E-state index contributed by atoms with van der Waals surface area (Å²) in [4.78, 5) is 15.8. The van der Waals surface area contributed by atoms with Gasteiger partial charge in [0.25, 0.3) is 0 Å². The fourth-order valence-corrected chi connectivity index (χ4v) is 4.15. The van der Waals surface area contributed by atoms with Gasteiger partial charge in [-0.25, -0.2) is 23.1 Å². The van der Waals surface area contributed by atoms with Crippen LogP contribution in [0.15, 0.2) is 60.0 Å². The lowest BCUT2D eigenvalue weighted by Crippen LogP contribution is -2.32. The Labute approximate surface area is 202 Å². The third kappa shape index (κ3) is 6.36. The molecule has 2 aromatic carbocycles. The lowest BCUT2D eigenvalue weighted by atomic mass is 9.91. The SMILES string of the molecule is COc1ncc(C2CCN(Cc3ccc(/C(=N/OCCF)c4ccc(F)c(F)c4)cc3)CC2)cn1. The number of methoxy groups -OCH3 is 1. The number of likely N-dealkylation sites (tertiary alicyclic amines) is 1. The van der Waals surface area contributed by atoms with E-state index in [9.17, 15) is 13.2 Å². The van der Waals surface area contributed by atoms with E-state index in [1.54, 1.807) is 7.11 Å². The second-order valence-electron chi connectivity index (χ2n) is 8.34. The van der Waals surface area contributed by atoms with Gasteiger partial charge in [0.15, 0.2) is 11.6 Å². The van der Waals surface area contributed by atoms with Crippen LogP contribution < -0.4 is 4.74 Å². The highest BCUT2D eigenvalue weighted by Crippen LogP contribution is 2.28. The third-order valence-corrected chi connectivity index (χ3v) is 6.04. The summed E-state index contributed by atoms with van der Waals surface area (Å²) in [5, 5.41) is 3.98. The Hall–Kier alpha value is -3.46. The number of piperidine rings is 1. The summed E-state index contributed by atoms with van der Waals surface area (Å²) in [5.74, 6) is -1.50. The number of oxime groups is 1. The Bertz CT molecular complexity index is 1130. The largest absolute Gasteiger partial charge is 0.467 e. The summed E-state index contributed by atoms with van der Waals surface area (Å²) in [6.45, 7) is 1.79.